The van der Waals surface area contributed by atoms with E-state index in [1.54, 1.807) is 4.68 Å². The predicted octanol–water partition coefficient (Wildman–Crippen LogP) is 1.68. The smallest absolute Gasteiger partial charge is 0.191 e. The quantitative estimate of drug-likeness (QED) is 0.310. The van der Waals surface area contributed by atoms with Crippen LogP contribution in [0.4, 0.5) is 0 Å². The maximum absolute atomic E-state index is 9.30. The molecule has 0 aliphatic rings. The van der Waals surface area contributed by atoms with Gasteiger partial charge in [0.1, 0.15) is 18.7 Å². The Kier molecular flexibility index (Phi) is 11.2. The zero-order valence-electron chi connectivity index (χ0n) is 14.7. The van der Waals surface area contributed by atoms with E-state index in [2.05, 4.69) is 39.6 Å². The number of rotatable bonds is 9. The summed E-state index contributed by atoms with van der Waals surface area (Å²) in [6, 6.07) is 0. The van der Waals surface area contributed by atoms with Crippen LogP contribution < -0.4 is 10.6 Å². The number of aryl methyl sites for hydroxylation is 1. The first-order valence-electron chi connectivity index (χ1n) is 8.06. The lowest BCUT2D eigenvalue weighted by molar-refractivity contribution is 0.169. The van der Waals surface area contributed by atoms with Gasteiger partial charge >= 0.3 is 0 Å². The van der Waals surface area contributed by atoms with Gasteiger partial charge in [0.05, 0.1) is 0 Å². The van der Waals surface area contributed by atoms with Gasteiger partial charge in [-0.25, -0.2) is 9.98 Å². The first-order chi connectivity index (χ1) is 10.6. The SMILES string of the molecule is CCNC(=NCc1ncnn1C)NCC(CC)(CC)CCO.I. The molecule has 0 aliphatic carbocycles. The van der Waals surface area contributed by atoms with Crippen LogP contribution in [0.15, 0.2) is 11.3 Å². The van der Waals surface area contributed by atoms with Crippen molar-refractivity contribution in [1.82, 2.24) is 25.4 Å². The van der Waals surface area contributed by atoms with Crippen LogP contribution >= 0.6 is 24.0 Å². The average Bonchev–Trinajstić information content (AvgIpc) is 2.94. The number of guanidine groups is 1. The summed E-state index contributed by atoms with van der Waals surface area (Å²) in [7, 11) is 1.86. The molecule has 0 fully saturated rings. The molecule has 7 nitrogen and oxygen atoms in total. The molecule has 23 heavy (non-hydrogen) atoms. The number of aliphatic imine (C=N–C) groups is 1. The van der Waals surface area contributed by atoms with Crippen LogP contribution in [0.3, 0.4) is 0 Å². The third kappa shape index (κ3) is 7.03. The third-order valence-electron chi connectivity index (χ3n) is 4.30. The molecule has 134 valence electrons. The Balaban J connectivity index is 0.00000484. The van der Waals surface area contributed by atoms with E-state index in [1.807, 2.05) is 14.0 Å². The van der Waals surface area contributed by atoms with Gasteiger partial charge < -0.3 is 15.7 Å². The second-order valence-electron chi connectivity index (χ2n) is 5.53. The second-order valence-corrected chi connectivity index (χ2v) is 5.53. The van der Waals surface area contributed by atoms with Gasteiger partial charge in [-0.1, -0.05) is 13.8 Å². The number of nitrogens with zero attached hydrogens (tertiary/aromatic N) is 4. The normalized spacial score (nSPS) is 12.0. The second kappa shape index (κ2) is 11.6. The van der Waals surface area contributed by atoms with Crippen molar-refractivity contribution in [3.05, 3.63) is 12.2 Å². The average molecular weight is 438 g/mol. The molecule has 0 aromatic carbocycles. The Hall–Kier alpha value is -0.900. The fourth-order valence-electron chi connectivity index (χ4n) is 2.41. The van der Waals surface area contributed by atoms with Gasteiger partial charge in [-0.2, -0.15) is 5.10 Å². The highest BCUT2D eigenvalue weighted by atomic mass is 127. The van der Waals surface area contributed by atoms with Gasteiger partial charge in [-0.05, 0) is 31.6 Å². The number of nitrogens with one attached hydrogen (secondary N) is 2. The molecular weight excluding hydrogens is 407 g/mol. The van der Waals surface area contributed by atoms with Crippen molar-refractivity contribution in [2.45, 2.75) is 46.6 Å². The van der Waals surface area contributed by atoms with Crippen LogP contribution in [-0.4, -0.2) is 45.5 Å². The van der Waals surface area contributed by atoms with Crippen LogP contribution in [0.5, 0.6) is 0 Å². The molecule has 3 N–H and O–H groups in total. The van der Waals surface area contributed by atoms with Crippen molar-refractivity contribution < 1.29 is 5.11 Å². The molecule has 1 rings (SSSR count). The number of aromatic nitrogens is 3. The molecule has 0 spiro atoms. The molecule has 1 heterocycles. The summed E-state index contributed by atoms with van der Waals surface area (Å²) >= 11 is 0. The van der Waals surface area contributed by atoms with Gasteiger partial charge in [-0.3, -0.25) is 4.68 Å². The van der Waals surface area contributed by atoms with E-state index in [1.165, 1.54) is 6.33 Å². The molecule has 0 aliphatic heterocycles. The minimum absolute atomic E-state index is 0. The van der Waals surface area contributed by atoms with Gasteiger partial charge in [0.25, 0.3) is 0 Å². The third-order valence-corrected chi connectivity index (χ3v) is 4.30. The Morgan fingerprint density at radius 1 is 1.30 bits per heavy atom. The minimum Gasteiger partial charge on any atom is -0.396 e. The lowest BCUT2D eigenvalue weighted by Gasteiger charge is -2.32. The summed E-state index contributed by atoms with van der Waals surface area (Å²) in [5, 5.41) is 20.0. The molecule has 0 unspecified atom stereocenters. The van der Waals surface area contributed by atoms with E-state index in [0.29, 0.717) is 6.54 Å². The van der Waals surface area contributed by atoms with Crippen LogP contribution in [0, 0.1) is 5.41 Å². The number of hydrogen-bond donors (Lipinski definition) is 3. The van der Waals surface area contributed by atoms with E-state index in [-0.39, 0.29) is 36.0 Å². The molecule has 0 saturated heterocycles. The number of halogens is 1. The zero-order valence-corrected chi connectivity index (χ0v) is 17.0. The molecule has 0 amide bonds. The predicted molar refractivity (Wildman–Crippen MR) is 104 cm³/mol. The largest absolute Gasteiger partial charge is 0.396 e. The van der Waals surface area contributed by atoms with Crippen LogP contribution in [-0.2, 0) is 13.6 Å². The Morgan fingerprint density at radius 2 is 2.00 bits per heavy atom. The lowest BCUT2D eigenvalue weighted by Crippen LogP contribution is -2.44. The minimum atomic E-state index is 0. The van der Waals surface area contributed by atoms with Crippen LogP contribution in [0.2, 0.25) is 0 Å². The summed E-state index contributed by atoms with van der Waals surface area (Å²) in [5.74, 6) is 1.60. The van der Waals surface area contributed by atoms with Crippen molar-refractivity contribution in [2.75, 3.05) is 19.7 Å². The maximum atomic E-state index is 9.30. The van der Waals surface area contributed by atoms with Gasteiger partial charge in [0, 0.05) is 26.7 Å². The van der Waals surface area contributed by atoms with Gasteiger partial charge in [-0.15, -0.1) is 24.0 Å². The van der Waals surface area contributed by atoms with E-state index in [9.17, 15) is 5.11 Å². The van der Waals surface area contributed by atoms with E-state index >= 15 is 0 Å². The summed E-state index contributed by atoms with van der Waals surface area (Å²) in [6.07, 6.45) is 4.39. The monoisotopic (exact) mass is 438 g/mol. The number of aliphatic hydroxyl groups excluding tert-OH is 1. The van der Waals surface area contributed by atoms with Crippen LogP contribution in [0.1, 0.15) is 45.9 Å². The molecular formula is C15H31IN6O. The molecule has 0 atom stereocenters. The fourth-order valence-corrected chi connectivity index (χ4v) is 2.41. The fraction of sp³-hybridized carbons (Fsp3) is 0.800. The standard InChI is InChI=1S/C15H30N6O.HI/c1-5-15(6-2,8-9-22)11-18-14(16-7-3)17-10-13-19-12-20-21(13)4;/h12,22H,5-11H2,1-4H3,(H2,16,17,18);1H. The number of hydrogen-bond acceptors (Lipinski definition) is 4. The van der Waals surface area contributed by atoms with Crippen molar-refractivity contribution >= 4 is 29.9 Å². The molecule has 1 aromatic heterocycles. The zero-order chi connectivity index (χ0) is 16.4. The van der Waals surface area contributed by atoms with Gasteiger partial charge in [0.15, 0.2) is 5.96 Å². The Morgan fingerprint density at radius 3 is 2.48 bits per heavy atom. The Bertz CT molecular complexity index is 459. The highest BCUT2D eigenvalue weighted by Gasteiger charge is 2.25. The first kappa shape index (κ1) is 22.1. The summed E-state index contributed by atoms with van der Waals surface area (Å²) in [4.78, 5) is 8.73. The van der Waals surface area contributed by atoms with E-state index in [0.717, 1.165) is 44.1 Å². The van der Waals surface area contributed by atoms with Crippen molar-refractivity contribution in [3.8, 4) is 0 Å². The Labute approximate surface area is 156 Å². The van der Waals surface area contributed by atoms with Crippen LogP contribution in [0.25, 0.3) is 0 Å². The van der Waals surface area contributed by atoms with Crippen molar-refractivity contribution in [3.63, 3.8) is 0 Å². The van der Waals surface area contributed by atoms with E-state index < -0.39 is 0 Å². The highest BCUT2D eigenvalue weighted by molar-refractivity contribution is 14.0. The molecule has 0 bridgehead atoms. The van der Waals surface area contributed by atoms with Crippen molar-refractivity contribution in [2.24, 2.45) is 17.5 Å². The topological polar surface area (TPSA) is 87.4 Å². The highest BCUT2D eigenvalue weighted by Crippen LogP contribution is 2.29. The van der Waals surface area contributed by atoms with Crippen molar-refractivity contribution in [1.29, 1.82) is 0 Å². The lowest BCUT2D eigenvalue weighted by atomic mass is 9.79. The summed E-state index contributed by atoms with van der Waals surface area (Å²) in [5.41, 5.74) is 0.107. The number of aliphatic hydroxyl groups is 1. The molecule has 8 heteroatoms. The first-order valence-corrected chi connectivity index (χ1v) is 8.06. The molecule has 1 aromatic rings. The molecule has 0 saturated carbocycles. The summed E-state index contributed by atoms with van der Waals surface area (Å²) < 4.78 is 1.72. The van der Waals surface area contributed by atoms with E-state index in [4.69, 9.17) is 0 Å². The molecule has 0 radical (unpaired) electrons. The maximum Gasteiger partial charge on any atom is 0.191 e. The van der Waals surface area contributed by atoms with Gasteiger partial charge in [0.2, 0.25) is 0 Å². The summed E-state index contributed by atoms with van der Waals surface area (Å²) in [6.45, 7) is 8.68.